The molecular weight excluding hydrogens is 224 g/mol. The molecule has 1 unspecified atom stereocenters. The maximum atomic E-state index is 11.6. The summed E-state index contributed by atoms with van der Waals surface area (Å²) in [5, 5.41) is 2.82. The second kappa shape index (κ2) is 8.13. The number of rotatable bonds is 5. The van der Waals surface area contributed by atoms with Crippen LogP contribution in [-0.4, -0.2) is 12.5 Å². The Kier molecular flexibility index (Phi) is 7.60. The van der Waals surface area contributed by atoms with Crippen LogP contribution in [0.5, 0.6) is 0 Å². The van der Waals surface area contributed by atoms with Gasteiger partial charge in [0.15, 0.2) is 0 Å². The second-order valence-corrected chi connectivity index (χ2v) is 3.53. The smallest absolute Gasteiger partial charge is 0.241 e. The lowest BCUT2D eigenvalue weighted by Crippen LogP contribution is -2.34. The average Bonchev–Trinajstić information content (AvgIpc) is 2.29. The lowest BCUT2D eigenvalue weighted by atomic mass is 10.1. The highest BCUT2D eigenvalue weighted by atomic mass is 35.5. The fraction of sp³-hybridized carbons (Fsp3) is 0.417. The van der Waals surface area contributed by atoms with E-state index in [2.05, 4.69) is 12.2 Å². The number of benzene rings is 1. The zero-order valence-electron chi connectivity index (χ0n) is 9.48. The van der Waals surface area contributed by atoms with Crippen molar-refractivity contribution in [3.05, 3.63) is 35.9 Å². The van der Waals surface area contributed by atoms with Crippen molar-refractivity contribution in [2.24, 2.45) is 5.73 Å². The Bertz CT molecular complexity index is 303. The number of hydrogen-bond donors (Lipinski definition) is 2. The Labute approximate surface area is 103 Å². The van der Waals surface area contributed by atoms with Gasteiger partial charge in [-0.2, -0.15) is 0 Å². The number of halogens is 1. The molecule has 90 valence electrons. The van der Waals surface area contributed by atoms with Crippen molar-refractivity contribution in [1.82, 2.24) is 5.32 Å². The molecule has 1 rings (SSSR count). The number of carbonyl (C=O) groups excluding carboxylic acids is 1. The highest BCUT2D eigenvalue weighted by Gasteiger charge is 2.13. The third-order valence-corrected chi connectivity index (χ3v) is 2.27. The predicted octanol–water partition coefficient (Wildman–Crippen LogP) is 2.02. The van der Waals surface area contributed by atoms with Crippen LogP contribution in [0.15, 0.2) is 30.3 Å². The van der Waals surface area contributed by atoms with E-state index in [9.17, 15) is 4.79 Å². The molecule has 1 aromatic carbocycles. The molecule has 1 aromatic rings. The van der Waals surface area contributed by atoms with Crippen LogP contribution in [0.2, 0.25) is 0 Å². The summed E-state index contributed by atoms with van der Waals surface area (Å²) in [5.74, 6) is -0.102. The maximum Gasteiger partial charge on any atom is 0.241 e. The van der Waals surface area contributed by atoms with Crippen molar-refractivity contribution in [3.63, 3.8) is 0 Å². The van der Waals surface area contributed by atoms with Gasteiger partial charge in [-0.3, -0.25) is 4.79 Å². The minimum absolute atomic E-state index is 0. The van der Waals surface area contributed by atoms with Gasteiger partial charge in [0, 0.05) is 6.54 Å². The summed E-state index contributed by atoms with van der Waals surface area (Å²) in [6.45, 7) is 2.79. The van der Waals surface area contributed by atoms with E-state index in [4.69, 9.17) is 5.73 Å². The quantitative estimate of drug-likeness (QED) is 0.777. The first-order valence-corrected chi connectivity index (χ1v) is 5.34. The molecule has 0 radical (unpaired) electrons. The molecule has 16 heavy (non-hydrogen) atoms. The lowest BCUT2D eigenvalue weighted by Gasteiger charge is -2.11. The number of carbonyl (C=O) groups is 1. The normalized spacial score (nSPS) is 11.4. The fourth-order valence-corrected chi connectivity index (χ4v) is 1.31. The van der Waals surface area contributed by atoms with Gasteiger partial charge < -0.3 is 11.1 Å². The minimum atomic E-state index is -0.553. The standard InChI is InChI=1S/C12H18N2O.ClH/c1-2-3-9-14-12(15)11(13)10-7-5-4-6-8-10;/h4-8,11H,2-3,9,13H2,1H3,(H,14,15);1H. The third-order valence-electron chi connectivity index (χ3n) is 2.27. The molecule has 0 aromatic heterocycles. The van der Waals surface area contributed by atoms with Crippen molar-refractivity contribution in [2.75, 3.05) is 6.54 Å². The summed E-state index contributed by atoms with van der Waals surface area (Å²) in [6, 6.07) is 8.85. The molecular formula is C12H19ClN2O. The maximum absolute atomic E-state index is 11.6. The van der Waals surface area contributed by atoms with E-state index in [0.717, 1.165) is 18.4 Å². The SMILES string of the molecule is CCCCNC(=O)C(N)c1ccccc1.Cl. The molecule has 1 atom stereocenters. The zero-order valence-corrected chi connectivity index (χ0v) is 10.3. The monoisotopic (exact) mass is 242 g/mol. The number of amides is 1. The number of nitrogens with one attached hydrogen (secondary N) is 1. The van der Waals surface area contributed by atoms with Crippen molar-refractivity contribution >= 4 is 18.3 Å². The van der Waals surface area contributed by atoms with E-state index in [-0.39, 0.29) is 18.3 Å². The van der Waals surface area contributed by atoms with Crippen LogP contribution in [0, 0.1) is 0 Å². The molecule has 3 N–H and O–H groups in total. The van der Waals surface area contributed by atoms with Crippen LogP contribution >= 0.6 is 12.4 Å². The summed E-state index contributed by atoms with van der Waals surface area (Å²) in [5.41, 5.74) is 6.66. The summed E-state index contributed by atoms with van der Waals surface area (Å²) >= 11 is 0. The first-order valence-electron chi connectivity index (χ1n) is 5.34. The van der Waals surface area contributed by atoms with Gasteiger partial charge in [0.2, 0.25) is 5.91 Å². The molecule has 4 heteroatoms. The van der Waals surface area contributed by atoms with E-state index in [1.54, 1.807) is 0 Å². The van der Waals surface area contributed by atoms with Crippen LogP contribution in [-0.2, 0) is 4.79 Å². The van der Waals surface area contributed by atoms with Crippen LogP contribution in [0.25, 0.3) is 0 Å². The van der Waals surface area contributed by atoms with Gasteiger partial charge in [0.05, 0.1) is 0 Å². The molecule has 0 heterocycles. The van der Waals surface area contributed by atoms with Gasteiger partial charge in [-0.25, -0.2) is 0 Å². The molecule has 0 fully saturated rings. The second-order valence-electron chi connectivity index (χ2n) is 3.53. The molecule has 0 spiro atoms. The Balaban J connectivity index is 0.00000225. The fourth-order valence-electron chi connectivity index (χ4n) is 1.31. The van der Waals surface area contributed by atoms with Gasteiger partial charge in [-0.15, -0.1) is 12.4 Å². The zero-order chi connectivity index (χ0) is 11.1. The number of nitrogens with two attached hydrogens (primary N) is 1. The van der Waals surface area contributed by atoms with Crippen molar-refractivity contribution < 1.29 is 4.79 Å². The summed E-state index contributed by atoms with van der Waals surface area (Å²) in [6.07, 6.45) is 2.06. The Morgan fingerprint density at radius 3 is 2.56 bits per heavy atom. The van der Waals surface area contributed by atoms with Crippen molar-refractivity contribution in [1.29, 1.82) is 0 Å². The van der Waals surface area contributed by atoms with Gasteiger partial charge in [0.25, 0.3) is 0 Å². The first-order chi connectivity index (χ1) is 7.25. The van der Waals surface area contributed by atoms with Gasteiger partial charge in [-0.05, 0) is 12.0 Å². The third kappa shape index (κ3) is 4.64. The summed E-state index contributed by atoms with van der Waals surface area (Å²) in [7, 11) is 0. The lowest BCUT2D eigenvalue weighted by molar-refractivity contribution is -0.122. The summed E-state index contributed by atoms with van der Waals surface area (Å²) in [4.78, 5) is 11.6. The van der Waals surface area contributed by atoms with Gasteiger partial charge >= 0.3 is 0 Å². The number of unbranched alkanes of at least 4 members (excludes halogenated alkanes) is 1. The Hall–Kier alpha value is -1.06. The number of hydrogen-bond acceptors (Lipinski definition) is 2. The molecule has 0 aliphatic rings. The van der Waals surface area contributed by atoms with E-state index < -0.39 is 6.04 Å². The van der Waals surface area contributed by atoms with Crippen LogP contribution < -0.4 is 11.1 Å². The van der Waals surface area contributed by atoms with Crippen LogP contribution in [0.1, 0.15) is 31.4 Å². The Morgan fingerprint density at radius 1 is 1.38 bits per heavy atom. The highest BCUT2D eigenvalue weighted by molar-refractivity contribution is 5.85. The van der Waals surface area contributed by atoms with E-state index in [1.165, 1.54) is 0 Å². The average molecular weight is 243 g/mol. The molecule has 0 saturated carbocycles. The molecule has 3 nitrogen and oxygen atoms in total. The molecule has 0 bridgehead atoms. The molecule has 0 saturated heterocycles. The molecule has 0 aliphatic heterocycles. The van der Waals surface area contributed by atoms with Gasteiger partial charge in [-0.1, -0.05) is 43.7 Å². The molecule has 1 amide bonds. The first kappa shape index (κ1) is 14.9. The van der Waals surface area contributed by atoms with Crippen molar-refractivity contribution in [2.45, 2.75) is 25.8 Å². The molecule has 0 aliphatic carbocycles. The largest absolute Gasteiger partial charge is 0.354 e. The van der Waals surface area contributed by atoms with E-state index >= 15 is 0 Å². The highest BCUT2D eigenvalue weighted by Crippen LogP contribution is 2.08. The Morgan fingerprint density at radius 2 is 2.00 bits per heavy atom. The van der Waals surface area contributed by atoms with Crippen molar-refractivity contribution in [3.8, 4) is 0 Å². The van der Waals surface area contributed by atoms with Gasteiger partial charge in [0.1, 0.15) is 6.04 Å². The van der Waals surface area contributed by atoms with E-state index in [1.807, 2.05) is 30.3 Å². The topological polar surface area (TPSA) is 55.1 Å². The van der Waals surface area contributed by atoms with Crippen LogP contribution in [0.3, 0.4) is 0 Å². The predicted molar refractivity (Wildman–Crippen MR) is 68.5 cm³/mol. The van der Waals surface area contributed by atoms with Crippen LogP contribution in [0.4, 0.5) is 0 Å². The van der Waals surface area contributed by atoms with E-state index in [0.29, 0.717) is 6.54 Å². The summed E-state index contributed by atoms with van der Waals surface area (Å²) < 4.78 is 0. The minimum Gasteiger partial charge on any atom is -0.354 e.